The highest BCUT2D eigenvalue weighted by Crippen LogP contribution is 2.37. The topological polar surface area (TPSA) is 47.6 Å². The second-order valence-corrected chi connectivity index (χ2v) is 5.31. The van der Waals surface area contributed by atoms with Crippen molar-refractivity contribution < 1.29 is 14.3 Å². The molecule has 0 unspecified atom stereocenters. The van der Waals surface area contributed by atoms with Crippen LogP contribution in [0.1, 0.15) is 17.0 Å². The van der Waals surface area contributed by atoms with Gasteiger partial charge in [0.15, 0.2) is 11.5 Å². The highest BCUT2D eigenvalue weighted by molar-refractivity contribution is 6.03. The summed E-state index contributed by atoms with van der Waals surface area (Å²) >= 11 is 0. The fourth-order valence-corrected chi connectivity index (χ4v) is 2.93. The van der Waals surface area contributed by atoms with E-state index >= 15 is 0 Å². The predicted molar refractivity (Wildman–Crippen MR) is 78.9 cm³/mol. The van der Waals surface area contributed by atoms with Crippen LogP contribution in [0.4, 0.5) is 5.69 Å². The predicted octanol–water partition coefficient (Wildman–Crippen LogP) is 2.74. The molecule has 0 spiro atoms. The van der Waals surface area contributed by atoms with E-state index in [0.29, 0.717) is 19.6 Å². The van der Waals surface area contributed by atoms with E-state index in [1.54, 1.807) is 0 Å². The summed E-state index contributed by atoms with van der Waals surface area (Å²) in [7, 11) is 0. The summed E-state index contributed by atoms with van der Waals surface area (Å²) in [6.45, 7) is 1.16. The van der Waals surface area contributed by atoms with Gasteiger partial charge in [0.05, 0.1) is 5.92 Å². The molecule has 0 bridgehead atoms. The molecule has 0 aromatic heterocycles. The maximum Gasteiger partial charge on any atom is 0.232 e. The minimum atomic E-state index is -0.135. The molecule has 4 nitrogen and oxygen atoms in total. The molecule has 2 aromatic rings. The van der Waals surface area contributed by atoms with Crippen molar-refractivity contribution in [2.75, 3.05) is 18.5 Å². The minimum absolute atomic E-state index is 0.0612. The highest BCUT2D eigenvalue weighted by Gasteiger charge is 2.30. The van der Waals surface area contributed by atoms with Gasteiger partial charge in [-0.05, 0) is 35.7 Å². The maximum absolute atomic E-state index is 12.2. The molecule has 2 aliphatic rings. The van der Waals surface area contributed by atoms with Crippen LogP contribution in [0.5, 0.6) is 11.5 Å². The molecule has 4 rings (SSSR count). The quantitative estimate of drug-likeness (QED) is 0.920. The van der Waals surface area contributed by atoms with E-state index in [0.717, 1.165) is 28.3 Å². The number of para-hydroxylation sites is 1. The number of nitrogens with one attached hydrogen (secondary N) is 1. The summed E-state index contributed by atoms with van der Waals surface area (Å²) in [6.07, 6.45) is 0.666. The Morgan fingerprint density at radius 3 is 2.76 bits per heavy atom. The molecule has 106 valence electrons. The third kappa shape index (κ3) is 2.13. The standard InChI is InChI=1S/C17H15NO3/c19-17-13(12-3-1-2-4-14(12)18-17)9-11-5-6-15-16(10-11)21-8-7-20-15/h1-6,10,13H,7-9H2,(H,18,19)/t13-/m1/s1. The summed E-state index contributed by atoms with van der Waals surface area (Å²) in [5.41, 5.74) is 3.07. The van der Waals surface area contributed by atoms with E-state index in [2.05, 4.69) is 5.32 Å². The molecule has 2 aromatic carbocycles. The van der Waals surface area contributed by atoms with Crippen molar-refractivity contribution >= 4 is 11.6 Å². The number of rotatable bonds is 2. The third-order valence-corrected chi connectivity index (χ3v) is 3.96. The van der Waals surface area contributed by atoms with Crippen LogP contribution < -0.4 is 14.8 Å². The van der Waals surface area contributed by atoms with Gasteiger partial charge in [0.25, 0.3) is 0 Å². The fourth-order valence-electron chi connectivity index (χ4n) is 2.93. The molecule has 1 atom stereocenters. The zero-order valence-electron chi connectivity index (χ0n) is 11.5. The van der Waals surface area contributed by atoms with Crippen LogP contribution in [0.15, 0.2) is 42.5 Å². The molecule has 1 N–H and O–H groups in total. The van der Waals surface area contributed by atoms with E-state index in [1.807, 2.05) is 42.5 Å². The normalized spacial score (nSPS) is 19.0. The second kappa shape index (κ2) is 4.81. The molecular formula is C17H15NO3. The Morgan fingerprint density at radius 1 is 1.05 bits per heavy atom. The molecule has 21 heavy (non-hydrogen) atoms. The van der Waals surface area contributed by atoms with E-state index in [9.17, 15) is 4.79 Å². The lowest BCUT2D eigenvalue weighted by atomic mass is 9.93. The number of hydrogen-bond acceptors (Lipinski definition) is 3. The summed E-state index contributed by atoms with van der Waals surface area (Å²) < 4.78 is 11.1. The largest absolute Gasteiger partial charge is 0.486 e. The first-order valence-electron chi connectivity index (χ1n) is 7.09. The van der Waals surface area contributed by atoms with Gasteiger partial charge in [-0.15, -0.1) is 0 Å². The third-order valence-electron chi connectivity index (χ3n) is 3.96. The number of carbonyl (C=O) groups is 1. The molecule has 2 aliphatic heterocycles. The summed E-state index contributed by atoms with van der Waals surface area (Å²) in [5.74, 6) is 1.47. The van der Waals surface area contributed by atoms with E-state index in [4.69, 9.17) is 9.47 Å². The van der Waals surface area contributed by atoms with Crippen LogP contribution in [0.2, 0.25) is 0 Å². The Bertz CT molecular complexity index is 711. The van der Waals surface area contributed by atoms with Crippen LogP contribution in [0, 0.1) is 0 Å². The van der Waals surface area contributed by atoms with Crippen molar-refractivity contribution in [3.05, 3.63) is 53.6 Å². The van der Waals surface area contributed by atoms with Crippen LogP contribution in [0.3, 0.4) is 0 Å². The zero-order valence-corrected chi connectivity index (χ0v) is 11.5. The van der Waals surface area contributed by atoms with Crippen molar-refractivity contribution in [1.29, 1.82) is 0 Å². The Labute approximate surface area is 122 Å². The number of fused-ring (bicyclic) bond motifs is 2. The molecule has 0 aliphatic carbocycles. The van der Waals surface area contributed by atoms with Crippen molar-refractivity contribution in [1.82, 2.24) is 0 Å². The van der Waals surface area contributed by atoms with Crippen LogP contribution in [-0.2, 0) is 11.2 Å². The number of carbonyl (C=O) groups excluding carboxylic acids is 1. The smallest absolute Gasteiger partial charge is 0.232 e. The molecular weight excluding hydrogens is 266 g/mol. The molecule has 0 saturated carbocycles. The van der Waals surface area contributed by atoms with Crippen molar-refractivity contribution in [2.24, 2.45) is 0 Å². The molecule has 4 heteroatoms. The monoisotopic (exact) mass is 281 g/mol. The SMILES string of the molecule is O=C1Nc2ccccc2[C@H]1Cc1ccc2c(c1)OCCO2. The van der Waals surface area contributed by atoms with Crippen molar-refractivity contribution in [3.63, 3.8) is 0 Å². The van der Waals surface area contributed by atoms with Gasteiger partial charge >= 0.3 is 0 Å². The highest BCUT2D eigenvalue weighted by atomic mass is 16.6. The number of amides is 1. The Balaban J connectivity index is 1.63. The molecule has 2 heterocycles. The minimum Gasteiger partial charge on any atom is -0.486 e. The molecule has 0 fully saturated rings. The maximum atomic E-state index is 12.2. The fraction of sp³-hybridized carbons (Fsp3) is 0.235. The van der Waals surface area contributed by atoms with Crippen LogP contribution >= 0.6 is 0 Å². The first kappa shape index (κ1) is 12.3. The van der Waals surface area contributed by atoms with Crippen LogP contribution in [-0.4, -0.2) is 19.1 Å². The van der Waals surface area contributed by atoms with Gasteiger partial charge in [-0.2, -0.15) is 0 Å². The number of anilines is 1. The molecule has 0 radical (unpaired) electrons. The van der Waals surface area contributed by atoms with Gasteiger partial charge in [0.1, 0.15) is 13.2 Å². The first-order valence-corrected chi connectivity index (χ1v) is 7.09. The lowest BCUT2D eigenvalue weighted by Crippen LogP contribution is -2.16. The van der Waals surface area contributed by atoms with E-state index in [-0.39, 0.29) is 11.8 Å². The Hall–Kier alpha value is -2.49. The summed E-state index contributed by atoms with van der Waals surface area (Å²) in [6, 6.07) is 13.8. The van der Waals surface area contributed by atoms with E-state index in [1.165, 1.54) is 0 Å². The average Bonchev–Trinajstić information content (AvgIpc) is 2.83. The Kier molecular flexibility index (Phi) is 2.81. The summed E-state index contributed by atoms with van der Waals surface area (Å²) in [4.78, 5) is 12.2. The van der Waals surface area contributed by atoms with Gasteiger partial charge < -0.3 is 14.8 Å². The van der Waals surface area contributed by atoms with Gasteiger partial charge in [-0.3, -0.25) is 4.79 Å². The first-order chi connectivity index (χ1) is 10.3. The Morgan fingerprint density at radius 2 is 1.86 bits per heavy atom. The number of benzene rings is 2. The van der Waals surface area contributed by atoms with Gasteiger partial charge in [-0.1, -0.05) is 24.3 Å². The lowest BCUT2D eigenvalue weighted by molar-refractivity contribution is -0.117. The van der Waals surface area contributed by atoms with Gasteiger partial charge in [0, 0.05) is 5.69 Å². The zero-order chi connectivity index (χ0) is 14.2. The van der Waals surface area contributed by atoms with Crippen LogP contribution in [0.25, 0.3) is 0 Å². The molecule has 0 saturated heterocycles. The van der Waals surface area contributed by atoms with Gasteiger partial charge in [-0.25, -0.2) is 0 Å². The second-order valence-electron chi connectivity index (χ2n) is 5.31. The van der Waals surface area contributed by atoms with Crippen molar-refractivity contribution in [2.45, 2.75) is 12.3 Å². The number of hydrogen-bond donors (Lipinski definition) is 1. The summed E-state index contributed by atoms with van der Waals surface area (Å²) in [5, 5.41) is 2.94. The average molecular weight is 281 g/mol. The van der Waals surface area contributed by atoms with Gasteiger partial charge in [0.2, 0.25) is 5.91 Å². The molecule has 1 amide bonds. The van der Waals surface area contributed by atoms with E-state index < -0.39 is 0 Å². The number of ether oxygens (including phenoxy) is 2. The van der Waals surface area contributed by atoms with Crippen molar-refractivity contribution in [3.8, 4) is 11.5 Å². The lowest BCUT2D eigenvalue weighted by Gasteiger charge is -2.19.